The molecule has 0 heterocycles. The molecule has 0 saturated carbocycles. The van der Waals surface area contributed by atoms with Crippen LogP contribution in [0.1, 0.15) is 22.7 Å². The van der Waals surface area contributed by atoms with Gasteiger partial charge in [-0.15, -0.1) is 0 Å². The molecular weight excluding hydrogens is 272 g/mol. The maximum Gasteiger partial charge on any atom is 0.244 e. The maximum absolute atomic E-state index is 11.8. The standard InChI is InChI=1S/C16H17ClN2O/c1-10-7-8-11(2)12(9-10)15(16(18)20)19-14-6-4-3-5-13(14)17/h3-9,15,19H,1-2H3,(H2,18,20). The van der Waals surface area contributed by atoms with Gasteiger partial charge in [-0.2, -0.15) is 0 Å². The van der Waals surface area contributed by atoms with Gasteiger partial charge in [-0.3, -0.25) is 4.79 Å². The molecule has 0 radical (unpaired) electrons. The Balaban J connectivity index is 2.40. The largest absolute Gasteiger partial charge is 0.369 e. The molecule has 0 aliphatic heterocycles. The molecular formula is C16H17ClN2O. The van der Waals surface area contributed by atoms with E-state index in [9.17, 15) is 4.79 Å². The van der Waals surface area contributed by atoms with Gasteiger partial charge in [-0.05, 0) is 37.1 Å². The minimum Gasteiger partial charge on any atom is -0.369 e. The van der Waals surface area contributed by atoms with E-state index in [1.54, 1.807) is 6.07 Å². The zero-order valence-corrected chi connectivity index (χ0v) is 12.2. The van der Waals surface area contributed by atoms with Gasteiger partial charge in [0.05, 0.1) is 10.7 Å². The monoisotopic (exact) mass is 288 g/mol. The average Bonchev–Trinajstić information content (AvgIpc) is 2.40. The Hall–Kier alpha value is -2.00. The first-order valence-electron chi connectivity index (χ1n) is 6.36. The van der Waals surface area contributed by atoms with Crippen molar-refractivity contribution in [1.82, 2.24) is 0 Å². The van der Waals surface area contributed by atoms with Crippen molar-refractivity contribution in [3.8, 4) is 0 Å². The second kappa shape index (κ2) is 5.97. The third kappa shape index (κ3) is 3.11. The summed E-state index contributed by atoms with van der Waals surface area (Å²) in [5, 5.41) is 3.68. The molecule has 0 fully saturated rings. The van der Waals surface area contributed by atoms with E-state index in [4.69, 9.17) is 17.3 Å². The molecule has 2 rings (SSSR count). The lowest BCUT2D eigenvalue weighted by molar-refractivity contribution is -0.118. The highest BCUT2D eigenvalue weighted by Crippen LogP contribution is 2.27. The smallest absolute Gasteiger partial charge is 0.244 e. The van der Waals surface area contributed by atoms with E-state index >= 15 is 0 Å². The minimum absolute atomic E-state index is 0.432. The second-order valence-corrected chi connectivity index (χ2v) is 5.23. The molecule has 0 bridgehead atoms. The zero-order chi connectivity index (χ0) is 14.7. The molecule has 3 N–H and O–H groups in total. The number of amides is 1. The summed E-state index contributed by atoms with van der Waals surface area (Å²) in [6.07, 6.45) is 0. The van der Waals surface area contributed by atoms with Crippen molar-refractivity contribution in [2.24, 2.45) is 5.73 Å². The van der Waals surface area contributed by atoms with E-state index in [0.717, 1.165) is 16.7 Å². The number of carbonyl (C=O) groups is 1. The van der Waals surface area contributed by atoms with Crippen LogP contribution in [0.2, 0.25) is 5.02 Å². The van der Waals surface area contributed by atoms with Crippen LogP contribution in [-0.2, 0) is 4.79 Å². The van der Waals surface area contributed by atoms with Gasteiger partial charge in [0.25, 0.3) is 0 Å². The van der Waals surface area contributed by atoms with E-state index < -0.39 is 11.9 Å². The highest BCUT2D eigenvalue weighted by Gasteiger charge is 2.20. The molecule has 0 aromatic heterocycles. The van der Waals surface area contributed by atoms with E-state index in [0.29, 0.717) is 10.7 Å². The van der Waals surface area contributed by atoms with E-state index in [1.807, 2.05) is 50.2 Å². The number of carbonyl (C=O) groups excluding carboxylic acids is 1. The lowest BCUT2D eigenvalue weighted by Gasteiger charge is -2.20. The number of rotatable bonds is 4. The van der Waals surface area contributed by atoms with E-state index in [-0.39, 0.29) is 0 Å². The number of hydrogen-bond acceptors (Lipinski definition) is 2. The summed E-state index contributed by atoms with van der Waals surface area (Å²) in [5.74, 6) is -0.432. The van der Waals surface area contributed by atoms with E-state index in [1.165, 1.54) is 0 Å². The summed E-state index contributed by atoms with van der Waals surface area (Å²) in [4.78, 5) is 11.8. The average molecular weight is 289 g/mol. The topological polar surface area (TPSA) is 55.1 Å². The number of aryl methyl sites for hydroxylation is 2. The maximum atomic E-state index is 11.8. The molecule has 2 aromatic carbocycles. The number of benzene rings is 2. The van der Waals surface area contributed by atoms with Crippen LogP contribution in [0.4, 0.5) is 5.69 Å². The first kappa shape index (κ1) is 14.4. The van der Waals surface area contributed by atoms with Crippen molar-refractivity contribution in [3.63, 3.8) is 0 Å². The number of hydrogen-bond donors (Lipinski definition) is 2. The Bertz CT molecular complexity index is 640. The second-order valence-electron chi connectivity index (χ2n) is 4.82. The van der Waals surface area contributed by atoms with Crippen molar-refractivity contribution in [2.45, 2.75) is 19.9 Å². The third-order valence-electron chi connectivity index (χ3n) is 3.20. The van der Waals surface area contributed by atoms with Crippen LogP contribution in [0.5, 0.6) is 0 Å². The Morgan fingerprint density at radius 2 is 1.90 bits per heavy atom. The fourth-order valence-electron chi connectivity index (χ4n) is 2.11. The van der Waals surface area contributed by atoms with Crippen molar-refractivity contribution in [3.05, 3.63) is 64.2 Å². The van der Waals surface area contributed by atoms with Gasteiger partial charge in [0, 0.05) is 0 Å². The van der Waals surface area contributed by atoms with Gasteiger partial charge in [0.2, 0.25) is 5.91 Å². The van der Waals surface area contributed by atoms with Crippen molar-refractivity contribution in [1.29, 1.82) is 0 Å². The molecule has 0 spiro atoms. The van der Waals surface area contributed by atoms with Gasteiger partial charge in [0.15, 0.2) is 0 Å². The number of halogens is 1. The summed E-state index contributed by atoms with van der Waals surface area (Å²) in [5.41, 5.74) is 9.20. The predicted octanol–water partition coefficient (Wildman–Crippen LogP) is 3.60. The van der Waals surface area contributed by atoms with Gasteiger partial charge in [-0.25, -0.2) is 0 Å². The Kier molecular flexibility index (Phi) is 4.30. The number of nitrogens with two attached hydrogens (primary N) is 1. The van der Waals surface area contributed by atoms with E-state index in [2.05, 4.69) is 5.32 Å². The highest BCUT2D eigenvalue weighted by atomic mass is 35.5. The van der Waals surface area contributed by atoms with Crippen LogP contribution >= 0.6 is 11.6 Å². The molecule has 104 valence electrons. The number of nitrogens with one attached hydrogen (secondary N) is 1. The molecule has 2 aromatic rings. The molecule has 20 heavy (non-hydrogen) atoms. The highest BCUT2D eigenvalue weighted by molar-refractivity contribution is 6.33. The summed E-state index contributed by atoms with van der Waals surface area (Å²) >= 11 is 6.12. The summed E-state index contributed by atoms with van der Waals surface area (Å²) in [7, 11) is 0. The Morgan fingerprint density at radius 1 is 1.20 bits per heavy atom. The molecule has 1 atom stereocenters. The van der Waals surface area contributed by atoms with Crippen molar-refractivity contribution >= 4 is 23.2 Å². The van der Waals surface area contributed by atoms with Crippen LogP contribution in [0.15, 0.2) is 42.5 Å². The summed E-state index contributed by atoms with van der Waals surface area (Å²) in [6.45, 7) is 3.94. The molecule has 1 amide bonds. The Labute approximate surface area is 123 Å². The molecule has 0 saturated heterocycles. The van der Waals surface area contributed by atoms with Crippen LogP contribution in [0.25, 0.3) is 0 Å². The number of primary amides is 1. The van der Waals surface area contributed by atoms with Gasteiger partial charge >= 0.3 is 0 Å². The number of para-hydroxylation sites is 1. The normalized spacial score (nSPS) is 11.9. The first-order valence-corrected chi connectivity index (χ1v) is 6.74. The molecule has 3 nitrogen and oxygen atoms in total. The van der Waals surface area contributed by atoms with Gasteiger partial charge in [-0.1, -0.05) is 47.5 Å². The van der Waals surface area contributed by atoms with Crippen LogP contribution in [0.3, 0.4) is 0 Å². The number of anilines is 1. The molecule has 1 unspecified atom stereocenters. The zero-order valence-electron chi connectivity index (χ0n) is 11.5. The third-order valence-corrected chi connectivity index (χ3v) is 3.53. The van der Waals surface area contributed by atoms with Crippen LogP contribution < -0.4 is 11.1 Å². The quantitative estimate of drug-likeness (QED) is 0.903. The fourth-order valence-corrected chi connectivity index (χ4v) is 2.30. The minimum atomic E-state index is -0.602. The van der Waals surface area contributed by atoms with Crippen molar-refractivity contribution in [2.75, 3.05) is 5.32 Å². The Morgan fingerprint density at radius 3 is 2.55 bits per heavy atom. The van der Waals surface area contributed by atoms with Crippen molar-refractivity contribution < 1.29 is 4.79 Å². The summed E-state index contributed by atoms with van der Waals surface area (Å²) in [6, 6.07) is 12.6. The first-order chi connectivity index (χ1) is 9.49. The lowest BCUT2D eigenvalue weighted by atomic mass is 9.98. The molecule has 0 aliphatic rings. The van der Waals surface area contributed by atoms with Gasteiger partial charge in [0.1, 0.15) is 6.04 Å². The SMILES string of the molecule is Cc1ccc(C)c(C(Nc2ccccc2Cl)C(N)=O)c1. The predicted molar refractivity (Wildman–Crippen MR) is 82.9 cm³/mol. The van der Waals surface area contributed by atoms with Crippen LogP contribution in [-0.4, -0.2) is 5.91 Å². The molecule has 4 heteroatoms. The van der Waals surface area contributed by atoms with Crippen LogP contribution in [0, 0.1) is 13.8 Å². The summed E-state index contributed by atoms with van der Waals surface area (Å²) < 4.78 is 0. The lowest BCUT2D eigenvalue weighted by Crippen LogP contribution is -2.28. The molecule has 0 aliphatic carbocycles. The van der Waals surface area contributed by atoms with Gasteiger partial charge < -0.3 is 11.1 Å². The fraction of sp³-hybridized carbons (Fsp3) is 0.188.